The van der Waals surface area contributed by atoms with E-state index in [-0.39, 0.29) is 0 Å². The maximum Gasteiger partial charge on any atom is 0.0949 e. The van der Waals surface area contributed by atoms with Gasteiger partial charge in [0, 0.05) is 50.0 Å². The summed E-state index contributed by atoms with van der Waals surface area (Å²) in [7, 11) is 0. The fraction of sp³-hybridized carbons (Fsp3) is 0.533. The number of rotatable bonds is 5. The minimum Gasteiger partial charge on any atom is -0.354 e. The highest BCUT2D eigenvalue weighted by molar-refractivity contribution is 5.10. The van der Waals surface area contributed by atoms with E-state index in [0.29, 0.717) is 12.1 Å². The second-order valence-corrected chi connectivity index (χ2v) is 5.35. The number of aryl methyl sites for hydroxylation is 1. The molecule has 2 atom stereocenters. The third-order valence-electron chi connectivity index (χ3n) is 4.13. The number of hydrogen-bond donors (Lipinski definition) is 1. The van der Waals surface area contributed by atoms with Crippen molar-refractivity contribution in [3.05, 3.63) is 42.7 Å². The van der Waals surface area contributed by atoms with Crippen LogP contribution in [-0.4, -0.2) is 20.2 Å². The highest BCUT2D eigenvalue weighted by Gasteiger charge is 2.27. The Kier molecular flexibility index (Phi) is 3.69. The summed E-state index contributed by atoms with van der Waals surface area (Å²) in [5, 5.41) is 3.71. The first kappa shape index (κ1) is 12.5. The molecule has 4 nitrogen and oxygen atoms in total. The van der Waals surface area contributed by atoms with Crippen molar-refractivity contribution in [3.63, 3.8) is 0 Å². The van der Waals surface area contributed by atoms with Gasteiger partial charge in [0.1, 0.15) is 0 Å². The molecule has 1 fully saturated rings. The van der Waals surface area contributed by atoms with E-state index in [9.17, 15) is 0 Å². The van der Waals surface area contributed by atoms with Gasteiger partial charge in [0.05, 0.1) is 6.33 Å². The van der Waals surface area contributed by atoms with Crippen LogP contribution in [0.3, 0.4) is 0 Å². The molecule has 2 unspecified atom stereocenters. The molecule has 0 aromatic carbocycles. The van der Waals surface area contributed by atoms with Gasteiger partial charge in [-0.05, 0) is 37.8 Å². The minimum absolute atomic E-state index is 0.566. The van der Waals surface area contributed by atoms with Crippen molar-refractivity contribution in [2.24, 2.45) is 0 Å². The van der Waals surface area contributed by atoms with Crippen molar-refractivity contribution >= 4 is 0 Å². The van der Waals surface area contributed by atoms with E-state index in [1.54, 1.807) is 0 Å². The van der Waals surface area contributed by atoms with Gasteiger partial charge >= 0.3 is 0 Å². The summed E-state index contributed by atoms with van der Waals surface area (Å²) >= 11 is 0. The van der Waals surface area contributed by atoms with Crippen LogP contribution >= 0.6 is 0 Å². The largest absolute Gasteiger partial charge is 0.354 e. The summed E-state index contributed by atoms with van der Waals surface area (Å²) in [5.41, 5.74) is 1.37. The summed E-state index contributed by atoms with van der Waals surface area (Å²) in [4.78, 5) is 4.17. The van der Waals surface area contributed by atoms with Gasteiger partial charge in [-0.15, -0.1) is 0 Å². The van der Waals surface area contributed by atoms with Gasteiger partial charge in [0.2, 0.25) is 0 Å². The standard InChI is InChI=1S/C15H22N4/c1-2-18-8-6-13(11-18)10-17-14-4-3-5-15(14)19-9-7-16-12-19/h6-9,11-12,14-15,17H,2-5,10H2,1H3. The third kappa shape index (κ3) is 2.73. The zero-order valence-electron chi connectivity index (χ0n) is 11.5. The fourth-order valence-electron chi connectivity index (χ4n) is 3.04. The molecule has 19 heavy (non-hydrogen) atoms. The van der Waals surface area contributed by atoms with E-state index in [2.05, 4.69) is 51.0 Å². The van der Waals surface area contributed by atoms with E-state index >= 15 is 0 Å². The van der Waals surface area contributed by atoms with Crippen molar-refractivity contribution < 1.29 is 0 Å². The first-order valence-electron chi connectivity index (χ1n) is 7.22. The molecular formula is C15H22N4. The Morgan fingerprint density at radius 3 is 3.05 bits per heavy atom. The Hall–Kier alpha value is -1.55. The second kappa shape index (κ2) is 5.61. The van der Waals surface area contributed by atoms with Gasteiger partial charge in [-0.2, -0.15) is 0 Å². The van der Waals surface area contributed by atoms with Gasteiger partial charge in [-0.25, -0.2) is 4.98 Å². The lowest BCUT2D eigenvalue weighted by atomic mass is 10.1. The molecule has 1 aliphatic carbocycles. The van der Waals surface area contributed by atoms with Crippen LogP contribution < -0.4 is 5.32 Å². The first-order chi connectivity index (χ1) is 9.36. The zero-order chi connectivity index (χ0) is 13.1. The monoisotopic (exact) mass is 258 g/mol. The summed E-state index contributed by atoms with van der Waals surface area (Å²) in [6.07, 6.45) is 14.1. The van der Waals surface area contributed by atoms with Crippen LogP contribution in [0.5, 0.6) is 0 Å². The molecule has 0 bridgehead atoms. The van der Waals surface area contributed by atoms with Crippen LogP contribution in [0.25, 0.3) is 0 Å². The maximum absolute atomic E-state index is 4.17. The van der Waals surface area contributed by atoms with Crippen LogP contribution in [0, 0.1) is 0 Å². The number of hydrogen-bond acceptors (Lipinski definition) is 2. The molecule has 0 amide bonds. The summed E-state index contributed by atoms with van der Waals surface area (Å²) < 4.78 is 4.47. The maximum atomic E-state index is 4.17. The Bertz CT molecular complexity index is 500. The van der Waals surface area contributed by atoms with E-state index < -0.39 is 0 Å². The van der Waals surface area contributed by atoms with E-state index in [1.165, 1.54) is 24.8 Å². The molecule has 2 heterocycles. The van der Waals surface area contributed by atoms with E-state index in [4.69, 9.17) is 0 Å². The van der Waals surface area contributed by atoms with Gasteiger partial charge < -0.3 is 14.5 Å². The molecule has 3 rings (SSSR count). The molecular weight excluding hydrogens is 236 g/mol. The molecule has 1 saturated carbocycles. The predicted molar refractivity (Wildman–Crippen MR) is 75.8 cm³/mol. The molecule has 1 N–H and O–H groups in total. The van der Waals surface area contributed by atoms with Crippen LogP contribution in [-0.2, 0) is 13.1 Å². The molecule has 0 spiro atoms. The van der Waals surface area contributed by atoms with Gasteiger partial charge in [0.15, 0.2) is 0 Å². The lowest BCUT2D eigenvalue weighted by Gasteiger charge is -2.22. The summed E-state index contributed by atoms with van der Waals surface area (Å²) in [6.45, 7) is 4.17. The molecule has 0 saturated heterocycles. The molecule has 4 heteroatoms. The van der Waals surface area contributed by atoms with E-state index in [0.717, 1.165) is 13.1 Å². The van der Waals surface area contributed by atoms with Crippen molar-refractivity contribution in [3.8, 4) is 0 Å². The number of imidazole rings is 1. The van der Waals surface area contributed by atoms with Crippen LogP contribution in [0.2, 0.25) is 0 Å². The first-order valence-corrected chi connectivity index (χ1v) is 7.22. The Balaban J connectivity index is 1.60. The van der Waals surface area contributed by atoms with Gasteiger partial charge in [-0.3, -0.25) is 0 Å². The van der Waals surface area contributed by atoms with Crippen LogP contribution in [0.1, 0.15) is 37.8 Å². The van der Waals surface area contributed by atoms with Crippen molar-refractivity contribution in [1.29, 1.82) is 0 Å². The highest BCUT2D eigenvalue weighted by Crippen LogP contribution is 2.30. The molecule has 2 aromatic rings. The molecule has 1 aliphatic rings. The highest BCUT2D eigenvalue weighted by atomic mass is 15.1. The predicted octanol–water partition coefficient (Wildman–Crippen LogP) is 2.59. The Morgan fingerprint density at radius 1 is 1.37 bits per heavy atom. The number of nitrogens with zero attached hydrogens (tertiary/aromatic N) is 3. The van der Waals surface area contributed by atoms with Crippen LogP contribution in [0.15, 0.2) is 37.2 Å². The van der Waals surface area contributed by atoms with Gasteiger partial charge in [0.25, 0.3) is 0 Å². The summed E-state index contributed by atoms with van der Waals surface area (Å²) in [5.74, 6) is 0. The topological polar surface area (TPSA) is 34.8 Å². The van der Waals surface area contributed by atoms with E-state index in [1.807, 2.05) is 12.5 Å². The smallest absolute Gasteiger partial charge is 0.0949 e. The molecule has 0 radical (unpaired) electrons. The minimum atomic E-state index is 0.566. The lowest BCUT2D eigenvalue weighted by Crippen LogP contribution is -2.33. The van der Waals surface area contributed by atoms with Crippen LogP contribution in [0.4, 0.5) is 0 Å². The van der Waals surface area contributed by atoms with Gasteiger partial charge in [-0.1, -0.05) is 0 Å². The molecule has 102 valence electrons. The normalized spacial score (nSPS) is 23.0. The Morgan fingerprint density at radius 2 is 2.32 bits per heavy atom. The Labute approximate surface area is 114 Å². The number of nitrogens with one attached hydrogen (secondary N) is 1. The second-order valence-electron chi connectivity index (χ2n) is 5.35. The van der Waals surface area contributed by atoms with Crippen molar-refractivity contribution in [2.75, 3.05) is 0 Å². The quantitative estimate of drug-likeness (QED) is 0.894. The fourth-order valence-corrected chi connectivity index (χ4v) is 3.04. The van der Waals surface area contributed by atoms with Crippen molar-refractivity contribution in [2.45, 2.75) is 51.4 Å². The average Bonchev–Trinajstić information content (AvgIpc) is 3.16. The molecule has 2 aromatic heterocycles. The zero-order valence-corrected chi connectivity index (χ0v) is 11.5. The molecule has 0 aliphatic heterocycles. The lowest BCUT2D eigenvalue weighted by molar-refractivity contribution is 0.390. The third-order valence-corrected chi connectivity index (χ3v) is 4.13. The number of aromatic nitrogens is 3. The summed E-state index contributed by atoms with van der Waals surface area (Å²) in [6, 6.07) is 3.34. The van der Waals surface area contributed by atoms with Crippen molar-refractivity contribution in [1.82, 2.24) is 19.4 Å². The average molecular weight is 258 g/mol. The SMILES string of the molecule is CCn1ccc(CNC2CCCC2n2ccnc2)c1.